The molecule has 0 aromatic carbocycles. The number of carboxylic acids is 1. The Morgan fingerprint density at radius 1 is 1.19 bits per heavy atom. The molecule has 1 amide bonds. The molecule has 21 heavy (non-hydrogen) atoms. The predicted molar refractivity (Wildman–Crippen MR) is 76.3 cm³/mol. The van der Waals surface area contributed by atoms with Crippen LogP contribution in [-0.2, 0) is 16.0 Å². The van der Waals surface area contributed by atoms with E-state index in [0.717, 1.165) is 18.4 Å². The third-order valence-corrected chi connectivity index (χ3v) is 4.51. The number of aliphatic carboxylic acids is 1. The van der Waals surface area contributed by atoms with E-state index in [1.807, 2.05) is 24.3 Å². The van der Waals surface area contributed by atoms with Crippen molar-refractivity contribution in [1.29, 1.82) is 0 Å². The highest BCUT2D eigenvalue weighted by Gasteiger charge is 2.51. The standard InChI is InChI=1S/C16H18N2O3/c19-15(18-8-5-10-3-6-17-7-4-10)13-11-1-2-12(9-11)14(13)16(20)21/h1-4,6-7,11-14H,5,8-9H2,(H,18,19)(H,20,21)/t11-,12-,13-,14-/m0/s1. The number of carboxylic acid groups (broad SMARTS) is 1. The highest BCUT2D eigenvalue weighted by molar-refractivity contribution is 5.86. The minimum absolute atomic E-state index is 0.0171. The van der Waals surface area contributed by atoms with Gasteiger partial charge in [0, 0.05) is 18.9 Å². The maximum absolute atomic E-state index is 12.3. The van der Waals surface area contributed by atoms with Crippen LogP contribution in [0.15, 0.2) is 36.7 Å². The van der Waals surface area contributed by atoms with Crippen molar-refractivity contribution in [1.82, 2.24) is 10.3 Å². The van der Waals surface area contributed by atoms with E-state index in [0.29, 0.717) is 6.54 Å². The van der Waals surface area contributed by atoms with Gasteiger partial charge in [0.25, 0.3) is 0 Å². The van der Waals surface area contributed by atoms with Crippen LogP contribution < -0.4 is 5.32 Å². The lowest BCUT2D eigenvalue weighted by Gasteiger charge is -2.23. The summed E-state index contributed by atoms with van der Waals surface area (Å²) in [4.78, 5) is 27.6. The Balaban J connectivity index is 1.58. The number of carbonyl (C=O) groups excluding carboxylic acids is 1. The molecular formula is C16H18N2O3. The number of fused-ring (bicyclic) bond motifs is 2. The highest BCUT2D eigenvalue weighted by Crippen LogP contribution is 2.48. The van der Waals surface area contributed by atoms with Crippen molar-refractivity contribution < 1.29 is 14.7 Å². The maximum Gasteiger partial charge on any atom is 0.307 e. The van der Waals surface area contributed by atoms with Gasteiger partial charge in [0.05, 0.1) is 11.8 Å². The number of hydrogen-bond acceptors (Lipinski definition) is 3. The fourth-order valence-electron chi connectivity index (χ4n) is 3.51. The molecule has 0 spiro atoms. The van der Waals surface area contributed by atoms with Crippen molar-refractivity contribution in [3.63, 3.8) is 0 Å². The molecule has 0 aliphatic heterocycles. The van der Waals surface area contributed by atoms with Crippen molar-refractivity contribution >= 4 is 11.9 Å². The average Bonchev–Trinajstić information content (AvgIpc) is 3.08. The summed E-state index contributed by atoms with van der Waals surface area (Å²) in [6.07, 6.45) is 8.90. The number of allylic oxidation sites excluding steroid dienone is 2. The monoisotopic (exact) mass is 286 g/mol. The molecule has 0 unspecified atom stereocenters. The van der Waals surface area contributed by atoms with Crippen molar-refractivity contribution in [3.05, 3.63) is 42.2 Å². The lowest BCUT2D eigenvalue weighted by molar-refractivity contribution is -0.147. The summed E-state index contributed by atoms with van der Waals surface area (Å²) in [5.74, 6) is -1.88. The molecule has 2 aliphatic carbocycles. The van der Waals surface area contributed by atoms with Gasteiger partial charge in [-0.2, -0.15) is 0 Å². The number of aromatic nitrogens is 1. The van der Waals surface area contributed by atoms with Crippen molar-refractivity contribution in [2.45, 2.75) is 12.8 Å². The summed E-state index contributed by atoms with van der Waals surface area (Å²) in [6, 6.07) is 3.82. The summed E-state index contributed by atoms with van der Waals surface area (Å²) in [5, 5.41) is 12.2. The fraction of sp³-hybridized carbons (Fsp3) is 0.438. The van der Waals surface area contributed by atoms with E-state index in [4.69, 9.17) is 0 Å². The van der Waals surface area contributed by atoms with Crippen LogP contribution in [0.4, 0.5) is 0 Å². The van der Waals surface area contributed by atoms with Gasteiger partial charge in [-0.25, -0.2) is 0 Å². The molecule has 1 heterocycles. The minimum Gasteiger partial charge on any atom is -0.481 e. The van der Waals surface area contributed by atoms with E-state index >= 15 is 0 Å². The SMILES string of the molecule is O=C(O)[C@@H]1[C@@H](C(=O)NCCc2ccncc2)[C@H]2C=C[C@H]1C2. The Morgan fingerprint density at radius 3 is 2.52 bits per heavy atom. The molecule has 2 N–H and O–H groups in total. The Bertz CT molecular complexity index is 570. The molecule has 5 heteroatoms. The molecule has 2 aliphatic rings. The van der Waals surface area contributed by atoms with Gasteiger partial charge in [-0.15, -0.1) is 0 Å². The van der Waals surface area contributed by atoms with E-state index in [1.165, 1.54) is 0 Å². The van der Waals surface area contributed by atoms with Crippen LogP contribution in [0.2, 0.25) is 0 Å². The van der Waals surface area contributed by atoms with Gasteiger partial charge in [-0.1, -0.05) is 12.2 Å². The Hall–Kier alpha value is -2.17. The van der Waals surface area contributed by atoms with Gasteiger partial charge < -0.3 is 10.4 Å². The zero-order chi connectivity index (χ0) is 14.8. The van der Waals surface area contributed by atoms with Gasteiger partial charge in [0.2, 0.25) is 5.91 Å². The summed E-state index contributed by atoms with van der Waals surface area (Å²) < 4.78 is 0. The third-order valence-electron chi connectivity index (χ3n) is 4.51. The molecule has 5 nitrogen and oxygen atoms in total. The highest BCUT2D eigenvalue weighted by atomic mass is 16.4. The molecule has 1 saturated carbocycles. The molecule has 1 aromatic rings. The van der Waals surface area contributed by atoms with E-state index in [2.05, 4.69) is 10.3 Å². The lowest BCUT2D eigenvalue weighted by atomic mass is 9.82. The van der Waals surface area contributed by atoms with Crippen molar-refractivity contribution in [3.8, 4) is 0 Å². The smallest absolute Gasteiger partial charge is 0.307 e. The van der Waals surface area contributed by atoms with E-state index < -0.39 is 17.8 Å². The number of hydrogen-bond donors (Lipinski definition) is 2. The number of pyridine rings is 1. The summed E-state index contributed by atoms with van der Waals surface area (Å²) in [5.41, 5.74) is 1.10. The Kier molecular flexibility index (Phi) is 3.73. The summed E-state index contributed by atoms with van der Waals surface area (Å²) >= 11 is 0. The fourth-order valence-corrected chi connectivity index (χ4v) is 3.51. The molecule has 4 atom stereocenters. The van der Waals surface area contributed by atoms with Gasteiger partial charge in [0.15, 0.2) is 0 Å². The molecule has 1 aromatic heterocycles. The predicted octanol–water partition coefficient (Wildman–Crippen LogP) is 1.26. The quantitative estimate of drug-likeness (QED) is 0.799. The van der Waals surface area contributed by atoms with Gasteiger partial charge in [-0.05, 0) is 42.4 Å². The molecule has 2 bridgehead atoms. The first kappa shape index (κ1) is 13.8. The third kappa shape index (κ3) is 2.68. The number of amides is 1. The number of rotatable bonds is 5. The van der Waals surface area contributed by atoms with E-state index in [9.17, 15) is 14.7 Å². The molecule has 0 saturated heterocycles. The van der Waals surface area contributed by atoms with Gasteiger partial charge in [0.1, 0.15) is 0 Å². The van der Waals surface area contributed by atoms with Crippen LogP contribution in [0.3, 0.4) is 0 Å². The van der Waals surface area contributed by atoms with Gasteiger partial charge in [-0.3, -0.25) is 14.6 Å². The Labute approximate surface area is 123 Å². The van der Waals surface area contributed by atoms with Crippen LogP contribution in [0.1, 0.15) is 12.0 Å². The molecular weight excluding hydrogens is 268 g/mol. The maximum atomic E-state index is 12.3. The van der Waals surface area contributed by atoms with Crippen LogP contribution >= 0.6 is 0 Å². The normalized spacial score (nSPS) is 29.5. The first-order valence-corrected chi connectivity index (χ1v) is 7.24. The second-order valence-electron chi connectivity index (χ2n) is 5.73. The Morgan fingerprint density at radius 2 is 1.86 bits per heavy atom. The number of nitrogens with zero attached hydrogens (tertiary/aromatic N) is 1. The first-order valence-electron chi connectivity index (χ1n) is 7.24. The van der Waals surface area contributed by atoms with Gasteiger partial charge >= 0.3 is 5.97 Å². The molecule has 1 fully saturated rings. The summed E-state index contributed by atoms with van der Waals surface area (Å²) in [6.45, 7) is 0.521. The van der Waals surface area contributed by atoms with Crippen LogP contribution in [0.5, 0.6) is 0 Å². The van der Waals surface area contributed by atoms with E-state index in [1.54, 1.807) is 12.4 Å². The van der Waals surface area contributed by atoms with E-state index in [-0.39, 0.29) is 17.7 Å². The van der Waals surface area contributed by atoms with Crippen LogP contribution in [-0.4, -0.2) is 28.5 Å². The average molecular weight is 286 g/mol. The van der Waals surface area contributed by atoms with Crippen LogP contribution in [0, 0.1) is 23.7 Å². The first-order chi connectivity index (χ1) is 10.2. The molecule has 0 radical (unpaired) electrons. The molecule has 3 rings (SSSR count). The second-order valence-corrected chi connectivity index (χ2v) is 5.73. The number of carbonyl (C=O) groups is 2. The largest absolute Gasteiger partial charge is 0.481 e. The molecule has 110 valence electrons. The minimum atomic E-state index is -0.860. The van der Waals surface area contributed by atoms with Crippen LogP contribution in [0.25, 0.3) is 0 Å². The number of nitrogens with one attached hydrogen (secondary N) is 1. The zero-order valence-corrected chi connectivity index (χ0v) is 11.6. The zero-order valence-electron chi connectivity index (χ0n) is 11.6. The second kappa shape index (κ2) is 5.68. The lowest BCUT2D eigenvalue weighted by Crippen LogP contribution is -2.40. The topological polar surface area (TPSA) is 79.3 Å². The van der Waals surface area contributed by atoms with Crippen molar-refractivity contribution in [2.75, 3.05) is 6.54 Å². The van der Waals surface area contributed by atoms with Crippen molar-refractivity contribution in [2.24, 2.45) is 23.7 Å². The summed E-state index contributed by atoms with van der Waals surface area (Å²) in [7, 11) is 0.